The second-order valence-corrected chi connectivity index (χ2v) is 7.68. The van der Waals surface area contributed by atoms with Crippen LogP contribution in [0.2, 0.25) is 0 Å². The molecule has 0 saturated heterocycles. The molecule has 2 aromatic rings. The van der Waals surface area contributed by atoms with Crippen molar-refractivity contribution in [2.75, 3.05) is 12.4 Å². The maximum absolute atomic E-state index is 13.5. The number of ether oxygens (including phenoxy) is 1. The second kappa shape index (κ2) is 8.52. The Hall–Kier alpha value is -2.73. The smallest absolute Gasteiger partial charge is 0.238 e. The van der Waals surface area contributed by atoms with Crippen LogP contribution in [0.3, 0.4) is 0 Å². The van der Waals surface area contributed by atoms with Gasteiger partial charge in [0, 0.05) is 16.7 Å². The zero-order chi connectivity index (χ0) is 21.1. The molecular formula is C22H28N2O4. The molecule has 0 fully saturated rings. The Morgan fingerprint density at radius 3 is 2.46 bits per heavy atom. The molecule has 1 heterocycles. The average molecular weight is 384 g/mol. The van der Waals surface area contributed by atoms with Gasteiger partial charge in [-0.05, 0) is 30.5 Å². The number of aliphatic hydroxyl groups is 1. The van der Waals surface area contributed by atoms with Crippen molar-refractivity contribution >= 4 is 17.4 Å². The van der Waals surface area contributed by atoms with Gasteiger partial charge in [0.2, 0.25) is 11.8 Å². The maximum Gasteiger partial charge on any atom is 0.238 e. The van der Waals surface area contributed by atoms with Gasteiger partial charge in [-0.2, -0.15) is 0 Å². The van der Waals surface area contributed by atoms with Gasteiger partial charge >= 0.3 is 0 Å². The van der Waals surface area contributed by atoms with Crippen molar-refractivity contribution in [3.05, 3.63) is 52.2 Å². The van der Waals surface area contributed by atoms with Gasteiger partial charge in [-0.25, -0.2) is 4.98 Å². The fraction of sp³-hybridized carbons (Fsp3) is 0.409. The summed E-state index contributed by atoms with van der Waals surface area (Å²) >= 11 is 0. The molecular weight excluding hydrogens is 356 g/mol. The maximum atomic E-state index is 13.5. The summed E-state index contributed by atoms with van der Waals surface area (Å²) in [6, 6.07) is 6.82. The summed E-state index contributed by atoms with van der Waals surface area (Å²) in [6.07, 6.45) is 0.571. The first-order valence-corrected chi connectivity index (χ1v) is 9.27. The van der Waals surface area contributed by atoms with E-state index in [2.05, 4.69) is 10.3 Å². The van der Waals surface area contributed by atoms with Crippen LogP contribution in [-0.4, -0.2) is 28.9 Å². The van der Waals surface area contributed by atoms with E-state index < -0.39 is 5.41 Å². The largest absolute Gasteiger partial charge is 0.479 e. The molecule has 0 atom stereocenters. The van der Waals surface area contributed by atoms with E-state index in [1.807, 2.05) is 13.8 Å². The molecule has 0 aliphatic rings. The van der Waals surface area contributed by atoms with Gasteiger partial charge in [0.15, 0.2) is 5.78 Å². The van der Waals surface area contributed by atoms with Crippen molar-refractivity contribution in [2.24, 2.45) is 5.41 Å². The first-order chi connectivity index (χ1) is 13.1. The van der Waals surface area contributed by atoms with Crippen LogP contribution in [0, 0.1) is 12.3 Å². The van der Waals surface area contributed by atoms with E-state index in [1.54, 1.807) is 45.0 Å². The molecule has 0 aliphatic carbocycles. The Bertz CT molecular complexity index is 898. The lowest BCUT2D eigenvalue weighted by Gasteiger charge is -2.22. The number of hydrogen-bond donors (Lipinski definition) is 2. The van der Waals surface area contributed by atoms with Gasteiger partial charge in [-0.15, -0.1) is 0 Å². The molecule has 1 amide bonds. The zero-order valence-corrected chi connectivity index (χ0v) is 17.3. The van der Waals surface area contributed by atoms with E-state index >= 15 is 0 Å². The standard InChI is InChI=1S/C22H28N2O4/c1-7-16-13(2)23-20(28-6)18(24-21(27)22(3,4)5)17(16)19(26)15-10-8-9-14(11-15)12-25/h8-11,25H,7,12H2,1-6H3,(H,24,27). The van der Waals surface area contributed by atoms with Crippen LogP contribution in [0.25, 0.3) is 0 Å². The average Bonchev–Trinajstić information content (AvgIpc) is 2.67. The van der Waals surface area contributed by atoms with E-state index in [9.17, 15) is 14.7 Å². The van der Waals surface area contributed by atoms with Crippen LogP contribution in [0.5, 0.6) is 5.88 Å². The highest BCUT2D eigenvalue weighted by molar-refractivity contribution is 6.16. The second-order valence-electron chi connectivity index (χ2n) is 7.68. The summed E-state index contributed by atoms with van der Waals surface area (Å²) in [7, 11) is 1.46. The van der Waals surface area contributed by atoms with E-state index in [0.717, 1.165) is 5.56 Å². The van der Waals surface area contributed by atoms with E-state index in [-0.39, 0.29) is 29.9 Å². The number of anilines is 1. The Balaban J connectivity index is 2.73. The topological polar surface area (TPSA) is 88.5 Å². The molecule has 1 aromatic carbocycles. The van der Waals surface area contributed by atoms with Crippen LogP contribution < -0.4 is 10.1 Å². The summed E-state index contributed by atoms with van der Waals surface area (Å²) in [4.78, 5) is 30.5. The highest BCUT2D eigenvalue weighted by Crippen LogP contribution is 2.34. The number of rotatable bonds is 6. The van der Waals surface area contributed by atoms with Gasteiger partial charge in [-0.3, -0.25) is 9.59 Å². The molecule has 1 aromatic heterocycles. The van der Waals surface area contributed by atoms with E-state index in [4.69, 9.17) is 4.74 Å². The number of benzene rings is 1. The third-order valence-corrected chi connectivity index (χ3v) is 4.54. The van der Waals surface area contributed by atoms with E-state index in [0.29, 0.717) is 28.8 Å². The minimum absolute atomic E-state index is 0.159. The number of aliphatic hydroxyl groups excluding tert-OH is 1. The molecule has 6 heteroatoms. The Labute approximate surface area is 166 Å². The van der Waals surface area contributed by atoms with Gasteiger partial charge in [0.25, 0.3) is 0 Å². The number of aromatic nitrogens is 1. The molecule has 0 spiro atoms. The number of nitrogens with zero attached hydrogens (tertiary/aromatic N) is 1. The van der Waals surface area contributed by atoms with Gasteiger partial charge < -0.3 is 15.2 Å². The fourth-order valence-electron chi connectivity index (χ4n) is 2.92. The first-order valence-electron chi connectivity index (χ1n) is 9.27. The van der Waals surface area contributed by atoms with Gasteiger partial charge in [0.05, 0.1) is 19.3 Å². The minimum Gasteiger partial charge on any atom is -0.479 e. The molecule has 2 N–H and O–H groups in total. The van der Waals surface area contributed by atoms with Crippen molar-refractivity contribution in [1.29, 1.82) is 0 Å². The third-order valence-electron chi connectivity index (χ3n) is 4.54. The minimum atomic E-state index is -0.653. The summed E-state index contributed by atoms with van der Waals surface area (Å²) < 4.78 is 5.39. The molecule has 0 radical (unpaired) electrons. The number of nitrogens with one attached hydrogen (secondary N) is 1. The first kappa shape index (κ1) is 21.6. The lowest BCUT2D eigenvalue weighted by atomic mass is 9.92. The molecule has 6 nitrogen and oxygen atoms in total. The van der Waals surface area contributed by atoms with Crippen molar-refractivity contribution in [3.8, 4) is 5.88 Å². The summed E-state index contributed by atoms with van der Waals surface area (Å²) in [5.41, 5.74) is 2.50. The molecule has 0 aliphatic heterocycles. The third kappa shape index (κ3) is 4.39. The van der Waals surface area contributed by atoms with Gasteiger partial charge in [0.1, 0.15) is 5.69 Å². The molecule has 0 bridgehead atoms. The quantitative estimate of drug-likeness (QED) is 0.742. The van der Waals surface area contributed by atoms with Crippen molar-refractivity contribution in [2.45, 2.75) is 47.6 Å². The normalized spacial score (nSPS) is 11.2. The predicted octanol–water partition coefficient (Wildman–Crippen LogP) is 3.67. The highest BCUT2D eigenvalue weighted by Gasteiger charge is 2.29. The predicted molar refractivity (Wildman–Crippen MR) is 109 cm³/mol. The van der Waals surface area contributed by atoms with Crippen molar-refractivity contribution < 1.29 is 19.4 Å². The molecule has 150 valence electrons. The Morgan fingerprint density at radius 1 is 1.25 bits per heavy atom. The molecule has 0 unspecified atom stereocenters. The number of amides is 1. The van der Waals surface area contributed by atoms with Crippen molar-refractivity contribution in [3.63, 3.8) is 0 Å². The number of carbonyl (C=O) groups excluding carboxylic acids is 2. The zero-order valence-electron chi connectivity index (χ0n) is 17.3. The summed E-state index contributed by atoms with van der Waals surface area (Å²) in [5.74, 6) is -0.286. The van der Waals surface area contributed by atoms with E-state index in [1.165, 1.54) is 7.11 Å². The number of carbonyl (C=O) groups is 2. The Kier molecular flexibility index (Phi) is 6.56. The monoisotopic (exact) mass is 384 g/mol. The molecule has 0 saturated carbocycles. The van der Waals surface area contributed by atoms with Gasteiger partial charge in [-0.1, -0.05) is 45.9 Å². The lowest BCUT2D eigenvalue weighted by molar-refractivity contribution is -0.123. The number of methoxy groups -OCH3 is 1. The summed E-state index contributed by atoms with van der Waals surface area (Å²) in [6.45, 7) is 8.98. The van der Waals surface area contributed by atoms with Crippen LogP contribution >= 0.6 is 0 Å². The van der Waals surface area contributed by atoms with Crippen LogP contribution in [0.4, 0.5) is 5.69 Å². The number of ketones is 1. The highest BCUT2D eigenvalue weighted by atomic mass is 16.5. The van der Waals surface area contributed by atoms with Crippen LogP contribution in [0.1, 0.15) is 60.4 Å². The van der Waals surface area contributed by atoms with Crippen molar-refractivity contribution in [1.82, 2.24) is 4.98 Å². The van der Waals surface area contributed by atoms with Crippen LogP contribution in [-0.2, 0) is 17.8 Å². The molecule has 28 heavy (non-hydrogen) atoms. The van der Waals surface area contributed by atoms with Crippen LogP contribution in [0.15, 0.2) is 24.3 Å². The molecule has 2 rings (SSSR count). The number of pyridine rings is 1. The lowest BCUT2D eigenvalue weighted by Crippen LogP contribution is -2.29. The SMILES string of the molecule is CCc1c(C)nc(OC)c(NC(=O)C(C)(C)C)c1C(=O)c1cccc(CO)c1. The Morgan fingerprint density at radius 2 is 1.93 bits per heavy atom. The number of hydrogen-bond acceptors (Lipinski definition) is 5. The fourth-order valence-corrected chi connectivity index (χ4v) is 2.92. The number of aryl methyl sites for hydroxylation is 1. The summed E-state index contributed by atoms with van der Waals surface area (Å²) in [5, 5.41) is 12.3.